The first-order chi connectivity index (χ1) is 13.6. The minimum absolute atomic E-state index is 0.253. The summed E-state index contributed by atoms with van der Waals surface area (Å²) in [6.07, 6.45) is 3.35. The molecule has 0 aliphatic carbocycles. The number of nitrogens with one attached hydrogen (secondary N) is 1. The maximum Gasteiger partial charge on any atom is 0.279 e. The summed E-state index contributed by atoms with van der Waals surface area (Å²) < 4.78 is 10.9. The number of hydrogen-bond acceptors (Lipinski definition) is 5. The van der Waals surface area contributed by atoms with Gasteiger partial charge in [-0.05, 0) is 47.7 Å². The van der Waals surface area contributed by atoms with E-state index in [1.54, 1.807) is 55.7 Å². The van der Waals surface area contributed by atoms with Crippen molar-refractivity contribution in [1.82, 2.24) is 5.32 Å². The van der Waals surface area contributed by atoms with E-state index < -0.39 is 5.91 Å². The van der Waals surface area contributed by atoms with Crippen LogP contribution in [0.2, 0.25) is 0 Å². The van der Waals surface area contributed by atoms with Crippen LogP contribution >= 0.6 is 11.8 Å². The van der Waals surface area contributed by atoms with Gasteiger partial charge in [0.05, 0.1) is 12.0 Å². The number of amides is 2. The molecule has 1 N–H and O–H groups in total. The molecule has 1 saturated heterocycles. The lowest BCUT2D eigenvalue weighted by atomic mass is 10.2. The summed E-state index contributed by atoms with van der Waals surface area (Å²) in [6.45, 7) is 3.98. The van der Waals surface area contributed by atoms with Crippen molar-refractivity contribution in [2.45, 2.75) is 0 Å². The Labute approximate surface area is 167 Å². The summed E-state index contributed by atoms with van der Waals surface area (Å²) in [5, 5.41) is 2.86. The van der Waals surface area contributed by atoms with Crippen molar-refractivity contribution in [1.29, 1.82) is 0 Å². The van der Waals surface area contributed by atoms with E-state index in [2.05, 4.69) is 16.9 Å². The number of ether oxygens (including phenoxy) is 2. The molecule has 2 aromatic carbocycles. The molecule has 1 fully saturated rings. The Morgan fingerprint density at radius 2 is 2.00 bits per heavy atom. The van der Waals surface area contributed by atoms with Gasteiger partial charge < -0.3 is 14.8 Å². The summed E-state index contributed by atoms with van der Waals surface area (Å²) >= 11 is 1.11. The van der Waals surface area contributed by atoms with E-state index in [1.807, 2.05) is 12.1 Å². The number of nitrogens with zero attached hydrogens (tertiary/aromatic N) is 1. The molecule has 0 aromatic heterocycles. The van der Waals surface area contributed by atoms with Gasteiger partial charge in [0.25, 0.3) is 11.8 Å². The molecular weight excluding hydrogens is 376 g/mol. The fraction of sp³-hybridized carbons (Fsp3) is 0.0952. The number of thioether (sulfide) groups is 1. The Hall–Kier alpha value is -3.32. The van der Waals surface area contributed by atoms with Crippen LogP contribution in [0, 0.1) is 0 Å². The zero-order valence-electron chi connectivity index (χ0n) is 15.2. The van der Waals surface area contributed by atoms with E-state index in [0.717, 1.165) is 17.3 Å². The minimum Gasteiger partial charge on any atom is -0.493 e. The van der Waals surface area contributed by atoms with Gasteiger partial charge in [0, 0.05) is 5.56 Å². The normalized spacial score (nSPS) is 16.1. The molecule has 28 heavy (non-hydrogen) atoms. The molecule has 142 valence electrons. The Balaban J connectivity index is 1.78. The highest BCUT2D eigenvalue weighted by Crippen LogP contribution is 2.31. The van der Waals surface area contributed by atoms with E-state index in [-0.39, 0.29) is 11.1 Å². The minimum atomic E-state index is -0.407. The van der Waals surface area contributed by atoms with Crippen LogP contribution in [0.4, 0.5) is 0 Å². The first kappa shape index (κ1) is 19.4. The van der Waals surface area contributed by atoms with Crippen LogP contribution in [0.5, 0.6) is 11.5 Å². The molecule has 7 heteroatoms. The molecule has 0 radical (unpaired) electrons. The van der Waals surface area contributed by atoms with Crippen LogP contribution in [-0.4, -0.2) is 30.7 Å². The second-order valence-electron chi connectivity index (χ2n) is 5.66. The lowest BCUT2D eigenvalue weighted by molar-refractivity contribution is -0.115. The Morgan fingerprint density at radius 1 is 1.21 bits per heavy atom. The third-order valence-corrected chi connectivity index (χ3v) is 4.63. The van der Waals surface area contributed by atoms with Crippen molar-refractivity contribution in [2.75, 3.05) is 13.7 Å². The lowest BCUT2D eigenvalue weighted by Crippen LogP contribution is -2.20. The van der Waals surface area contributed by atoms with Gasteiger partial charge in [-0.25, -0.2) is 0 Å². The average Bonchev–Trinajstić information content (AvgIpc) is 3.06. The topological polar surface area (TPSA) is 77.0 Å². The quantitative estimate of drug-likeness (QED) is 0.598. The second kappa shape index (κ2) is 9.05. The standard InChI is InChI=1S/C21H18N2O4S/c1-3-11-27-16-10-9-14(12-17(16)26-2)13-18-20(25)23-21(28-18)22-19(24)15-7-5-4-6-8-15/h3-10,12-13H,1,11H2,2H3,(H,22,23,24,25)/b18-13-. The molecule has 0 spiro atoms. The van der Waals surface area contributed by atoms with Crippen molar-refractivity contribution in [3.05, 3.63) is 77.2 Å². The van der Waals surface area contributed by atoms with Crippen LogP contribution in [0.1, 0.15) is 15.9 Å². The molecule has 3 rings (SSSR count). The molecule has 1 aliphatic rings. The first-order valence-corrected chi connectivity index (χ1v) is 9.23. The van der Waals surface area contributed by atoms with Gasteiger partial charge in [0.15, 0.2) is 16.7 Å². The monoisotopic (exact) mass is 394 g/mol. The predicted octanol–water partition coefficient (Wildman–Crippen LogP) is 3.66. The molecular formula is C21H18N2O4S. The Morgan fingerprint density at radius 3 is 2.71 bits per heavy atom. The fourth-order valence-corrected chi connectivity index (χ4v) is 3.23. The lowest BCUT2D eigenvalue weighted by Gasteiger charge is -2.09. The maximum atomic E-state index is 12.2. The first-order valence-electron chi connectivity index (χ1n) is 8.41. The third-order valence-electron chi connectivity index (χ3n) is 3.72. The molecule has 0 atom stereocenters. The third kappa shape index (κ3) is 4.69. The van der Waals surface area contributed by atoms with Gasteiger partial charge in [-0.1, -0.05) is 36.9 Å². The van der Waals surface area contributed by atoms with Crippen LogP contribution in [-0.2, 0) is 4.79 Å². The van der Waals surface area contributed by atoms with Crippen molar-refractivity contribution >= 4 is 34.8 Å². The number of rotatable bonds is 6. The second-order valence-corrected chi connectivity index (χ2v) is 6.69. The number of carbonyl (C=O) groups excluding carboxylic acids is 2. The summed E-state index contributed by atoms with van der Waals surface area (Å²) in [4.78, 5) is 28.8. The van der Waals surface area contributed by atoms with Gasteiger partial charge in [0.1, 0.15) is 6.61 Å². The molecule has 0 bridgehead atoms. The van der Waals surface area contributed by atoms with E-state index in [1.165, 1.54) is 0 Å². The smallest absolute Gasteiger partial charge is 0.279 e. The zero-order chi connectivity index (χ0) is 19.9. The van der Waals surface area contributed by atoms with E-state index >= 15 is 0 Å². The van der Waals surface area contributed by atoms with Crippen LogP contribution in [0.25, 0.3) is 6.08 Å². The molecule has 1 aliphatic heterocycles. The van der Waals surface area contributed by atoms with Crippen LogP contribution in [0.3, 0.4) is 0 Å². The maximum absolute atomic E-state index is 12.2. The number of aliphatic imine (C=N–C) groups is 1. The number of amidine groups is 1. The van der Waals surface area contributed by atoms with Crippen molar-refractivity contribution in [3.63, 3.8) is 0 Å². The number of carbonyl (C=O) groups is 2. The highest BCUT2D eigenvalue weighted by atomic mass is 32.2. The zero-order valence-corrected chi connectivity index (χ0v) is 16.0. The number of hydrogen-bond donors (Lipinski definition) is 1. The summed E-state index contributed by atoms with van der Waals surface area (Å²) in [7, 11) is 1.55. The van der Waals surface area contributed by atoms with Gasteiger partial charge in [-0.3, -0.25) is 9.59 Å². The average molecular weight is 394 g/mol. The largest absolute Gasteiger partial charge is 0.493 e. The van der Waals surface area contributed by atoms with Gasteiger partial charge in [0.2, 0.25) is 0 Å². The molecule has 2 aromatic rings. The summed E-state index contributed by atoms with van der Waals surface area (Å²) in [5.74, 6) is 0.419. The summed E-state index contributed by atoms with van der Waals surface area (Å²) in [6, 6.07) is 14.0. The Kier molecular flexibility index (Phi) is 6.29. The van der Waals surface area contributed by atoms with E-state index in [0.29, 0.717) is 28.6 Å². The van der Waals surface area contributed by atoms with Crippen molar-refractivity contribution < 1.29 is 19.1 Å². The molecule has 6 nitrogen and oxygen atoms in total. The molecule has 0 saturated carbocycles. The highest BCUT2D eigenvalue weighted by Gasteiger charge is 2.25. The predicted molar refractivity (Wildman–Crippen MR) is 111 cm³/mol. The molecule has 1 heterocycles. The SMILES string of the molecule is C=CCOc1ccc(/C=C2\SC(=NC(=O)c3ccccc3)NC2=O)cc1OC. The fourth-order valence-electron chi connectivity index (χ4n) is 2.41. The van der Waals surface area contributed by atoms with Crippen molar-refractivity contribution in [2.24, 2.45) is 4.99 Å². The highest BCUT2D eigenvalue weighted by molar-refractivity contribution is 8.18. The number of methoxy groups -OCH3 is 1. The van der Waals surface area contributed by atoms with Gasteiger partial charge in [-0.15, -0.1) is 0 Å². The van der Waals surface area contributed by atoms with Crippen LogP contribution in [0.15, 0.2) is 71.1 Å². The Bertz CT molecular complexity index is 968. The van der Waals surface area contributed by atoms with Crippen molar-refractivity contribution in [3.8, 4) is 11.5 Å². The van der Waals surface area contributed by atoms with Crippen LogP contribution < -0.4 is 14.8 Å². The molecule has 0 unspecified atom stereocenters. The molecule has 2 amide bonds. The summed E-state index contributed by atoms with van der Waals surface area (Å²) in [5.41, 5.74) is 1.22. The van der Waals surface area contributed by atoms with Gasteiger partial charge in [-0.2, -0.15) is 4.99 Å². The number of benzene rings is 2. The van der Waals surface area contributed by atoms with E-state index in [4.69, 9.17) is 9.47 Å². The van der Waals surface area contributed by atoms with E-state index in [9.17, 15) is 9.59 Å². The van der Waals surface area contributed by atoms with Gasteiger partial charge >= 0.3 is 0 Å².